The van der Waals surface area contributed by atoms with Gasteiger partial charge in [0.25, 0.3) is 0 Å². The van der Waals surface area contributed by atoms with Crippen molar-refractivity contribution in [3.63, 3.8) is 0 Å². The minimum absolute atomic E-state index is 0.267. The molecule has 0 spiro atoms. The monoisotopic (exact) mass is 413 g/mol. The Bertz CT molecular complexity index is 1150. The summed E-state index contributed by atoms with van der Waals surface area (Å²) in [4.78, 5) is 0. The number of tetrazole rings is 1. The average molecular weight is 414 g/mol. The number of rotatable bonds is 6. The van der Waals surface area contributed by atoms with Gasteiger partial charge in [0.1, 0.15) is 0 Å². The van der Waals surface area contributed by atoms with Gasteiger partial charge in [0, 0.05) is 17.0 Å². The second-order valence-corrected chi connectivity index (χ2v) is 8.25. The summed E-state index contributed by atoms with van der Waals surface area (Å²) in [5, 5.41) is 24.9. The van der Waals surface area contributed by atoms with Crippen LogP contribution in [0.1, 0.15) is 61.7 Å². The van der Waals surface area contributed by atoms with Gasteiger partial charge in [-0.05, 0) is 64.9 Å². The van der Waals surface area contributed by atoms with Gasteiger partial charge in [-0.25, -0.2) is 5.10 Å². The molecular weight excluding hydrogens is 386 g/mol. The quantitative estimate of drug-likeness (QED) is 0.461. The van der Waals surface area contributed by atoms with Crippen molar-refractivity contribution in [3.8, 4) is 22.5 Å². The van der Waals surface area contributed by atoms with Crippen LogP contribution in [0.5, 0.6) is 0 Å². The van der Waals surface area contributed by atoms with E-state index in [9.17, 15) is 5.11 Å². The molecule has 0 amide bonds. The third-order valence-corrected chi connectivity index (χ3v) is 6.32. The molecule has 2 aromatic heterocycles. The van der Waals surface area contributed by atoms with Gasteiger partial charge < -0.3 is 9.67 Å². The zero-order chi connectivity index (χ0) is 21.2. The summed E-state index contributed by atoms with van der Waals surface area (Å²) < 4.78 is 2.38. The summed E-state index contributed by atoms with van der Waals surface area (Å²) in [5.41, 5.74) is 6.87. The van der Waals surface area contributed by atoms with E-state index in [2.05, 4.69) is 74.6 Å². The van der Waals surface area contributed by atoms with Gasteiger partial charge in [0.2, 0.25) is 0 Å². The van der Waals surface area contributed by atoms with Gasteiger partial charge in [-0.1, -0.05) is 61.9 Å². The molecule has 6 nitrogen and oxygen atoms in total. The highest BCUT2D eigenvalue weighted by Crippen LogP contribution is 2.39. The molecule has 0 bridgehead atoms. The highest BCUT2D eigenvalue weighted by Gasteiger charge is 2.28. The molecule has 0 saturated heterocycles. The van der Waals surface area contributed by atoms with Crippen molar-refractivity contribution in [2.75, 3.05) is 0 Å². The number of hydrogen-bond donors (Lipinski definition) is 2. The summed E-state index contributed by atoms with van der Waals surface area (Å²) >= 11 is 0. The molecule has 0 aliphatic carbocycles. The number of aliphatic hydroxyl groups excluding tert-OH is 1. The first-order chi connectivity index (χ1) is 15.3. The maximum atomic E-state index is 10.5. The van der Waals surface area contributed by atoms with Crippen LogP contribution < -0.4 is 0 Å². The molecule has 2 aromatic carbocycles. The predicted molar refractivity (Wildman–Crippen MR) is 120 cm³/mol. The maximum Gasteiger partial charge on any atom is 0.180 e. The summed E-state index contributed by atoms with van der Waals surface area (Å²) in [6.07, 6.45) is 4.76. The summed E-state index contributed by atoms with van der Waals surface area (Å²) in [5.74, 6) is 0.665. The van der Waals surface area contributed by atoms with Gasteiger partial charge in [-0.3, -0.25) is 0 Å². The summed E-state index contributed by atoms with van der Waals surface area (Å²) in [6.45, 7) is 2.22. The summed E-state index contributed by atoms with van der Waals surface area (Å²) in [6, 6.07) is 21.5. The number of fused-ring (bicyclic) bond motifs is 1. The smallest absolute Gasteiger partial charge is 0.180 e. The number of unbranched alkanes of at least 4 members (excludes halogenated alkanes) is 1. The van der Waals surface area contributed by atoms with E-state index in [1.807, 2.05) is 18.2 Å². The number of hydrogen-bond acceptors (Lipinski definition) is 4. The molecule has 1 aliphatic rings. The fourth-order valence-corrected chi connectivity index (χ4v) is 4.73. The number of aromatic nitrogens is 5. The first kappa shape index (κ1) is 19.7. The SMILES string of the molecule is CCCCc1ccc2n1[C@H](c1ccc(-c3ccccc3-c3nnn[nH]3)cc1)CC[C@H]2O. The molecule has 0 radical (unpaired) electrons. The molecule has 3 heterocycles. The number of H-pyrrole nitrogens is 1. The van der Waals surface area contributed by atoms with E-state index in [1.165, 1.54) is 24.1 Å². The molecule has 0 fully saturated rings. The van der Waals surface area contributed by atoms with E-state index in [0.717, 1.165) is 41.6 Å². The molecule has 0 unspecified atom stereocenters. The van der Waals surface area contributed by atoms with Crippen molar-refractivity contribution >= 4 is 0 Å². The summed E-state index contributed by atoms with van der Waals surface area (Å²) in [7, 11) is 0. The van der Waals surface area contributed by atoms with Gasteiger partial charge in [0.05, 0.1) is 12.1 Å². The van der Waals surface area contributed by atoms with Gasteiger partial charge in [0.15, 0.2) is 5.82 Å². The van der Waals surface area contributed by atoms with Crippen LogP contribution in [0.4, 0.5) is 0 Å². The number of aliphatic hydroxyl groups is 1. The Balaban J connectivity index is 1.49. The standard InChI is InChI=1S/C25H27N5O/c1-2-3-6-19-13-14-23-24(31)16-15-22(30(19)23)18-11-9-17(10-12-18)20-7-4-5-8-21(20)25-26-28-29-27-25/h4-5,7-14,22,24,31H,2-3,6,15-16H2,1H3,(H,26,27,28,29)/t22-,24+/m0/s1. The van der Waals surface area contributed by atoms with E-state index in [4.69, 9.17) is 0 Å². The number of nitrogens with zero attached hydrogens (tertiary/aromatic N) is 4. The van der Waals surface area contributed by atoms with E-state index in [-0.39, 0.29) is 12.1 Å². The van der Waals surface area contributed by atoms with Gasteiger partial charge in [-0.15, -0.1) is 5.10 Å². The first-order valence-electron chi connectivity index (χ1n) is 11.1. The Morgan fingerprint density at radius 1 is 1.00 bits per heavy atom. The maximum absolute atomic E-state index is 10.5. The largest absolute Gasteiger partial charge is 0.387 e. The number of aromatic amines is 1. The third-order valence-electron chi connectivity index (χ3n) is 6.32. The molecule has 0 saturated carbocycles. The molecule has 1 aliphatic heterocycles. The van der Waals surface area contributed by atoms with Crippen LogP contribution in [-0.4, -0.2) is 30.3 Å². The number of nitrogens with one attached hydrogen (secondary N) is 1. The average Bonchev–Trinajstić information content (AvgIpc) is 3.49. The third kappa shape index (κ3) is 3.68. The number of aryl methyl sites for hydroxylation is 1. The van der Waals surface area contributed by atoms with Crippen LogP contribution in [0.15, 0.2) is 60.7 Å². The van der Waals surface area contributed by atoms with Crippen LogP contribution in [0.3, 0.4) is 0 Å². The van der Waals surface area contributed by atoms with E-state index in [1.54, 1.807) is 0 Å². The predicted octanol–water partition coefficient (Wildman–Crippen LogP) is 5.09. The highest BCUT2D eigenvalue weighted by atomic mass is 16.3. The Morgan fingerprint density at radius 3 is 2.55 bits per heavy atom. The van der Waals surface area contributed by atoms with Crippen LogP contribution in [0.2, 0.25) is 0 Å². The zero-order valence-electron chi connectivity index (χ0n) is 17.7. The van der Waals surface area contributed by atoms with Crippen molar-refractivity contribution in [1.29, 1.82) is 0 Å². The molecular formula is C25H27N5O. The lowest BCUT2D eigenvalue weighted by molar-refractivity contribution is 0.131. The normalized spacial score (nSPS) is 18.1. The van der Waals surface area contributed by atoms with E-state index < -0.39 is 0 Å². The molecule has 5 rings (SSSR count). The lowest BCUT2D eigenvalue weighted by Crippen LogP contribution is -2.23. The zero-order valence-corrected chi connectivity index (χ0v) is 17.7. The Kier molecular flexibility index (Phi) is 5.38. The van der Waals surface area contributed by atoms with Crippen LogP contribution >= 0.6 is 0 Å². The minimum Gasteiger partial charge on any atom is -0.387 e. The first-order valence-corrected chi connectivity index (χ1v) is 11.1. The molecule has 31 heavy (non-hydrogen) atoms. The Morgan fingerprint density at radius 2 is 1.81 bits per heavy atom. The number of benzene rings is 2. The minimum atomic E-state index is -0.367. The van der Waals surface area contributed by atoms with Crippen LogP contribution in [0.25, 0.3) is 22.5 Å². The van der Waals surface area contributed by atoms with Crippen molar-refractivity contribution in [3.05, 3.63) is 77.6 Å². The fraction of sp³-hybridized carbons (Fsp3) is 0.320. The molecule has 4 aromatic rings. The van der Waals surface area contributed by atoms with Gasteiger partial charge >= 0.3 is 0 Å². The second kappa shape index (κ2) is 8.47. The Hall–Kier alpha value is -3.25. The van der Waals surface area contributed by atoms with Crippen molar-refractivity contribution in [1.82, 2.24) is 25.2 Å². The fourth-order valence-electron chi connectivity index (χ4n) is 4.73. The second-order valence-electron chi connectivity index (χ2n) is 8.25. The van der Waals surface area contributed by atoms with Gasteiger partial charge in [-0.2, -0.15) is 0 Å². The van der Waals surface area contributed by atoms with E-state index >= 15 is 0 Å². The molecule has 2 N–H and O–H groups in total. The van der Waals surface area contributed by atoms with Crippen molar-refractivity contribution in [2.45, 2.75) is 51.2 Å². The Labute approximate surface area is 182 Å². The molecule has 158 valence electrons. The highest BCUT2D eigenvalue weighted by molar-refractivity contribution is 5.80. The molecule has 6 heteroatoms. The molecule has 2 atom stereocenters. The van der Waals surface area contributed by atoms with Crippen LogP contribution in [-0.2, 0) is 6.42 Å². The lowest BCUT2D eigenvalue weighted by atomic mass is 9.92. The lowest BCUT2D eigenvalue weighted by Gasteiger charge is -2.32. The van der Waals surface area contributed by atoms with Crippen LogP contribution in [0, 0.1) is 0 Å². The topological polar surface area (TPSA) is 79.6 Å². The van der Waals surface area contributed by atoms with Crippen molar-refractivity contribution < 1.29 is 5.11 Å². The van der Waals surface area contributed by atoms with E-state index in [0.29, 0.717) is 5.82 Å². The van der Waals surface area contributed by atoms with Crippen molar-refractivity contribution in [2.24, 2.45) is 0 Å².